The molecular weight excluding hydrogens is 309 g/mol. The van der Waals surface area contributed by atoms with Crippen molar-refractivity contribution in [3.05, 3.63) is 0 Å². The maximum absolute atomic E-state index is 11.7. The van der Waals surface area contributed by atoms with Crippen LogP contribution in [0.5, 0.6) is 0 Å². The molecule has 0 aliphatic rings. The summed E-state index contributed by atoms with van der Waals surface area (Å²) in [7, 11) is -1.69. The van der Waals surface area contributed by atoms with E-state index in [1.165, 1.54) is 0 Å². The fraction of sp³-hybridized carbons (Fsp3) is 1.00. The van der Waals surface area contributed by atoms with E-state index in [0.717, 1.165) is 57.0 Å². The summed E-state index contributed by atoms with van der Waals surface area (Å²) >= 11 is 11.4. The third-order valence-corrected chi connectivity index (χ3v) is 9.68. The van der Waals surface area contributed by atoms with Crippen molar-refractivity contribution in [2.75, 3.05) is 18.5 Å². The predicted octanol–water partition coefficient (Wildman–Crippen LogP) is 6.92. The van der Waals surface area contributed by atoms with E-state index in [9.17, 15) is 4.57 Å². The molecule has 0 heterocycles. The van der Waals surface area contributed by atoms with Crippen molar-refractivity contribution >= 4 is 36.0 Å². The average Bonchev–Trinajstić information content (AvgIpc) is 2.29. The molecule has 110 valence electrons. The topological polar surface area (TPSA) is 26.3 Å². The van der Waals surface area contributed by atoms with Gasteiger partial charge < -0.3 is 0 Å². The highest BCUT2D eigenvalue weighted by Gasteiger charge is 2.44. The van der Waals surface area contributed by atoms with Gasteiger partial charge in [0.1, 0.15) is 0 Å². The van der Waals surface area contributed by atoms with Gasteiger partial charge in [-0.1, -0.05) is 40.0 Å². The Hall–Kier alpha value is 1.20. The first-order valence-electron chi connectivity index (χ1n) is 6.96. The van der Waals surface area contributed by atoms with Gasteiger partial charge in [0.25, 0.3) is 0 Å². The summed E-state index contributed by atoms with van der Waals surface area (Å²) in [6, 6.07) is 0. The first kappa shape index (κ1) is 19.2. The second kappa shape index (κ2) is 10.0. The van der Waals surface area contributed by atoms with Crippen LogP contribution in [0.1, 0.15) is 59.3 Å². The zero-order valence-electron chi connectivity index (χ0n) is 11.8. The number of hydrogen-bond donors (Lipinski definition) is 0. The first-order chi connectivity index (χ1) is 8.39. The molecule has 0 aromatic heterocycles. The van der Waals surface area contributed by atoms with Crippen molar-refractivity contribution in [3.63, 3.8) is 0 Å². The number of halogens is 2. The molecule has 2 nitrogen and oxygen atoms in total. The smallest absolute Gasteiger partial charge is 0.253 e. The molecule has 0 unspecified atom stereocenters. The second-order valence-electron chi connectivity index (χ2n) is 4.79. The highest BCUT2D eigenvalue weighted by atomic mass is 35.9. The molecule has 18 heavy (non-hydrogen) atoms. The van der Waals surface area contributed by atoms with Crippen LogP contribution in [0.25, 0.3) is 0 Å². The largest absolute Gasteiger partial charge is 0.412 e. The second-order valence-corrected chi connectivity index (χ2v) is 12.9. The zero-order chi connectivity index (χ0) is 14.1. The molecule has 0 aliphatic carbocycles. The lowest BCUT2D eigenvalue weighted by Gasteiger charge is -2.25. The lowest BCUT2D eigenvalue weighted by molar-refractivity contribution is 0.523. The molecule has 0 aromatic carbocycles. The van der Waals surface area contributed by atoms with Crippen LogP contribution < -0.4 is 0 Å². The first-order valence-corrected chi connectivity index (χ1v) is 12.7. The number of unbranched alkanes of at least 4 members (excludes halogenated alkanes) is 3. The van der Waals surface area contributed by atoms with Crippen LogP contribution in [0.15, 0.2) is 0 Å². The Morgan fingerprint density at radius 3 is 1.44 bits per heavy atom. The Kier molecular flexibility index (Phi) is 10.7. The van der Waals surface area contributed by atoms with Gasteiger partial charge in [-0.15, -0.1) is 0 Å². The van der Waals surface area contributed by atoms with E-state index in [0.29, 0.717) is 0 Å². The maximum atomic E-state index is 11.7. The summed E-state index contributed by atoms with van der Waals surface area (Å²) in [5, 5.41) is 0. The van der Waals surface area contributed by atoms with Gasteiger partial charge in [-0.3, -0.25) is 4.57 Å². The van der Waals surface area contributed by atoms with Gasteiger partial charge in [0, 0.05) is 0 Å². The summed E-state index contributed by atoms with van der Waals surface area (Å²) in [6.07, 6.45) is 6.29. The monoisotopic (exact) mass is 335 g/mol. The molecule has 0 bridgehead atoms. The Bertz CT molecular complexity index is 235. The number of hydrogen-bond acceptors (Lipinski definition) is 2. The predicted molar refractivity (Wildman–Crippen MR) is 86.6 cm³/mol. The van der Waals surface area contributed by atoms with Crippen LogP contribution in [0.3, 0.4) is 0 Å². The van der Waals surface area contributed by atoms with E-state index in [-0.39, 0.29) is 0 Å². The van der Waals surface area contributed by atoms with Gasteiger partial charge in [0.15, 0.2) is 7.49 Å². The van der Waals surface area contributed by atoms with E-state index in [1.54, 1.807) is 0 Å². The summed E-state index contributed by atoms with van der Waals surface area (Å²) in [5.41, 5.74) is 0. The normalized spacial score (nSPS) is 12.9. The van der Waals surface area contributed by atoms with Gasteiger partial charge in [-0.05, 0) is 41.7 Å². The van der Waals surface area contributed by atoms with Crippen molar-refractivity contribution in [2.24, 2.45) is 0 Å². The van der Waals surface area contributed by atoms with E-state index in [2.05, 4.69) is 20.8 Å². The number of rotatable bonds is 11. The molecule has 0 saturated carbocycles. The van der Waals surface area contributed by atoms with Gasteiger partial charge in [-0.2, -0.15) is 4.31 Å². The summed E-state index contributed by atoms with van der Waals surface area (Å²) in [5.74, 6) is 0. The van der Waals surface area contributed by atoms with Gasteiger partial charge in [0.05, 0.1) is 18.5 Å². The highest BCUT2D eigenvalue weighted by molar-refractivity contribution is 8.08. The summed E-state index contributed by atoms with van der Waals surface area (Å²) in [4.78, 5) is 0. The molecular formula is C12H27Cl2O2P2+. The average molecular weight is 336 g/mol. The van der Waals surface area contributed by atoms with Crippen LogP contribution in [0.2, 0.25) is 0 Å². The summed E-state index contributed by atoms with van der Waals surface area (Å²) < 4.78 is 17.4. The molecule has 0 aromatic rings. The van der Waals surface area contributed by atoms with Crippen LogP contribution in [-0.2, 0) is 8.88 Å². The molecule has 0 radical (unpaired) electrons. The van der Waals surface area contributed by atoms with E-state index in [1.807, 2.05) is 0 Å². The Morgan fingerprint density at radius 1 is 0.889 bits per heavy atom. The van der Waals surface area contributed by atoms with Crippen LogP contribution >= 0.6 is 36.0 Å². The lowest BCUT2D eigenvalue weighted by atomic mass is 10.4. The molecule has 0 amide bonds. The SMILES string of the molecule is CCCC[P+](CCCC)(CCCC)OP(=O)(Cl)Cl. The minimum absolute atomic E-state index is 1.01. The van der Waals surface area contributed by atoms with E-state index in [4.69, 9.17) is 26.8 Å². The highest BCUT2D eigenvalue weighted by Crippen LogP contribution is 2.76. The fourth-order valence-electron chi connectivity index (χ4n) is 2.00. The molecule has 0 N–H and O–H groups in total. The van der Waals surface area contributed by atoms with Crippen LogP contribution in [0, 0.1) is 0 Å². The molecule has 0 spiro atoms. The third kappa shape index (κ3) is 9.16. The Labute approximate surface area is 123 Å². The van der Waals surface area contributed by atoms with Gasteiger partial charge in [-0.25, -0.2) is 0 Å². The summed E-state index contributed by atoms with van der Waals surface area (Å²) in [6.45, 7) is 6.49. The molecule has 6 heteroatoms. The maximum Gasteiger partial charge on any atom is 0.412 e. The van der Waals surface area contributed by atoms with Gasteiger partial charge in [0.2, 0.25) is 0 Å². The zero-order valence-corrected chi connectivity index (χ0v) is 15.1. The van der Waals surface area contributed by atoms with E-state index >= 15 is 0 Å². The minimum Gasteiger partial charge on any atom is -0.253 e. The standard InChI is InChI=1S/C12H27Cl2O2P2/c1-4-7-10-17(11-8-5-2,12-9-6-3)16-18(13,14)15/h4-12H2,1-3H3/q+1. The molecule has 0 atom stereocenters. The molecule has 0 aliphatic heterocycles. The van der Waals surface area contributed by atoms with Crippen LogP contribution in [-0.4, -0.2) is 18.5 Å². The van der Waals surface area contributed by atoms with Crippen LogP contribution in [0.4, 0.5) is 0 Å². The lowest BCUT2D eigenvalue weighted by Crippen LogP contribution is -2.10. The van der Waals surface area contributed by atoms with Crippen molar-refractivity contribution in [1.82, 2.24) is 0 Å². The molecule has 0 rings (SSSR count). The molecule has 0 fully saturated rings. The van der Waals surface area contributed by atoms with Crippen molar-refractivity contribution < 1.29 is 8.88 Å². The van der Waals surface area contributed by atoms with Crippen molar-refractivity contribution in [1.29, 1.82) is 0 Å². The quantitative estimate of drug-likeness (QED) is 0.383. The van der Waals surface area contributed by atoms with E-state index < -0.39 is 13.6 Å². The van der Waals surface area contributed by atoms with Gasteiger partial charge >= 0.3 is 6.07 Å². The minimum atomic E-state index is -3.41. The fourth-order valence-corrected chi connectivity index (χ4v) is 10.3. The third-order valence-electron chi connectivity index (χ3n) is 3.03. The Balaban J connectivity index is 4.78. The Morgan fingerprint density at radius 2 is 1.22 bits per heavy atom. The van der Waals surface area contributed by atoms with Crippen molar-refractivity contribution in [3.8, 4) is 0 Å². The van der Waals surface area contributed by atoms with Crippen molar-refractivity contribution in [2.45, 2.75) is 59.3 Å². The molecule has 0 saturated heterocycles.